The van der Waals surface area contributed by atoms with Crippen molar-refractivity contribution in [1.82, 2.24) is 9.97 Å². The van der Waals surface area contributed by atoms with Crippen LogP contribution >= 0.6 is 0 Å². The van der Waals surface area contributed by atoms with E-state index in [1.54, 1.807) is 13.3 Å². The summed E-state index contributed by atoms with van der Waals surface area (Å²) in [7, 11) is 0. The van der Waals surface area contributed by atoms with Crippen LogP contribution in [0.4, 0.5) is 0 Å². The number of aromatic nitrogens is 2. The van der Waals surface area contributed by atoms with Crippen molar-refractivity contribution in [3.05, 3.63) is 30.1 Å². The van der Waals surface area contributed by atoms with Crippen LogP contribution in [0.15, 0.2) is 24.5 Å². The molecule has 5 nitrogen and oxygen atoms in total. The van der Waals surface area contributed by atoms with E-state index in [9.17, 15) is 4.79 Å². The number of hydrogen-bond donors (Lipinski definition) is 1. The van der Waals surface area contributed by atoms with E-state index >= 15 is 0 Å². The lowest BCUT2D eigenvalue weighted by Gasteiger charge is -2.06. The molecule has 94 valence electrons. The van der Waals surface area contributed by atoms with Gasteiger partial charge in [-0.3, -0.25) is 0 Å². The number of H-pyrrole nitrogens is 1. The molecule has 3 rings (SSSR count). The summed E-state index contributed by atoms with van der Waals surface area (Å²) in [4.78, 5) is 18.8. The highest BCUT2D eigenvalue weighted by atomic mass is 16.7. The SMILES string of the molecule is CCOC(=O)C1OC1(C)c1ccc2nc[nH]c2c1. The fraction of sp³-hybridized carbons (Fsp3) is 0.385. The van der Waals surface area contributed by atoms with E-state index in [-0.39, 0.29) is 5.97 Å². The average molecular weight is 246 g/mol. The normalized spacial score (nSPS) is 26.2. The molecule has 5 heteroatoms. The summed E-state index contributed by atoms with van der Waals surface area (Å²) in [5.74, 6) is -0.301. The van der Waals surface area contributed by atoms with Gasteiger partial charge in [0.25, 0.3) is 0 Å². The Morgan fingerprint density at radius 1 is 1.61 bits per heavy atom. The lowest BCUT2D eigenvalue weighted by Crippen LogP contribution is -2.18. The second kappa shape index (κ2) is 3.81. The fourth-order valence-electron chi connectivity index (χ4n) is 2.17. The van der Waals surface area contributed by atoms with Crippen LogP contribution in [-0.2, 0) is 19.9 Å². The highest BCUT2D eigenvalue weighted by Crippen LogP contribution is 2.46. The fourth-order valence-corrected chi connectivity index (χ4v) is 2.17. The maximum Gasteiger partial charge on any atom is 0.338 e. The highest BCUT2D eigenvalue weighted by molar-refractivity contribution is 5.81. The minimum absolute atomic E-state index is 0.301. The second-order valence-corrected chi connectivity index (χ2v) is 4.49. The first-order valence-corrected chi connectivity index (χ1v) is 5.93. The van der Waals surface area contributed by atoms with Crippen molar-refractivity contribution in [2.45, 2.75) is 25.6 Å². The number of carbonyl (C=O) groups excluding carboxylic acids is 1. The second-order valence-electron chi connectivity index (χ2n) is 4.49. The Bertz CT molecular complexity index is 607. The molecule has 1 fully saturated rings. The van der Waals surface area contributed by atoms with Crippen LogP contribution in [-0.4, -0.2) is 28.6 Å². The summed E-state index contributed by atoms with van der Waals surface area (Å²) >= 11 is 0. The first kappa shape index (κ1) is 11.2. The van der Waals surface area contributed by atoms with Crippen LogP contribution < -0.4 is 0 Å². The van der Waals surface area contributed by atoms with Crippen molar-refractivity contribution in [3.63, 3.8) is 0 Å². The van der Waals surface area contributed by atoms with Crippen molar-refractivity contribution >= 4 is 17.0 Å². The summed E-state index contributed by atoms with van der Waals surface area (Å²) in [6.45, 7) is 4.05. The van der Waals surface area contributed by atoms with Gasteiger partial charge < -0.3 is 14.5 Å². The molecule has 0 radical (unpaired) electrons. The van der Waals surface area contributed by atoms with E-state index in [0.717, 1.165) is 16.6 Å². The van der Waals surface area contributed by atoms with Crippen molar-refractivity contribution < 1.29 is 14.3 Å². The van der Waals surface area contributed by atoms with Crippen LogP contribution in [0.3, 0.4) is 0 Å². The molecule has 0 saturated carbocycles. The first-order valence-electron chi connectivity index (χ1n) is 5.93. The Balaban J connectivity index is 1.89. The molecule has 1 aliphatic rings. The summed E-state index contributed by atoms with van der Waals surface area (Å²) in [6, 6.07) is 5.81. The van der Waals surface area contributed by atoms with Crippen molar-refractivity contribution in [2.24, 2.45) is 0 Å². The van der Waals surface area contributed by atoms with Gasteiger partial charge in [0.2, 0.25) is 0 Å². The quantitative estimate of drug-likeness (QED) is 0.661. The van der Waals surface area contributed by atoms with Crippen molar-refractivity contribution in [1.29, 1.82) is 0 Å². The van der Waals surface area contributed by atoms with E-state index in [1.807, 2.05) is 25.1 Å². The zero-order chi connectivity index (χ0) is 12.8. The number of carbonyl (C=O) groups is 1. The molecular formula is C13H14N2O3. The largest absolute Gasteiger partial charge is 0.464 e. The Labute approximate surface area is 104 Å². The number of fused-ring (bicyclic) bond motifs is 1. The van der Waals surface area contributed by atoms with Gasteiger partial charge in [0.05, 0.1) is 24.0 Å². The Morgan fingerprint density at radius 2 is 2.44 bits per heavy atom. The first-order chi connectivity index (χ1) is 8.65. The standard InChI is InChI=1S/C13H14N2O3/c1-3-17-12(16)11-13(2,18-11)8-4-5-9-10(6-8)15-7-14-9/h4-7,11H,3H2,1-2H3,(H,14,15). The summed E-state index contributed by atoms with van der Waals surface area (Å²) in [6.07, 6.45) is 1.14. The third kappa shape index (κ3) is 1.59. The minimum atomic E-state index is -0.578. The van der Waals surface area contributed by atoms with Gasteiger partial charge in [0.1, 0.15) is 5.60 Å². The molecule has 0 aliphatic carbocycles. The maximum atomic E-state index is 11.6. The molecule has 0 bridgehead atoms. The van der Waals surface area contributed by atoms with Gasteiger partial charge in [-0.05, 0) is 31.5 Å². The molecular weight excluding hydrogens is 232 g/mol. The van der Waals surface area contributed by atoms with Gasteiger partial charge in [-0.1, -0.05) is 6.07 Å². The van der Waals surface area contributed by atoms with Crippen molar-refractivity contribution in [3.8, 4) is 0 Å². The predicted molar refractivity (Wildman–Crippen MR) is 65.0 cm³/mol. The third-order valence-corrected chi connectivity index (χ3v) is 3.30. The van der Waals surface area contributed by atoms with E-state index in [4.69, 9.17) is 9.47 Å². The van der Waals surface area contributed by atoms with E-state index in [1.165, 1.54) is 0 Å². The van der Waals surface area contributed by atoms with Gasteiger partial charge in [0.15, 0.2) is 6.10 Å². The molecule has 18 heavy (non-hydrogen) atoms. The van der Waals surface area contributed by atoms with Gasteiger partial charge >= 0.3 is 5.97 Å². The molecule has 1 N–H and O–H groups in total. The van der Waals surface area contributed by atoms with Gasteiger partial charge in [-0.2, -0.15) is 0 Å². The predicted octanol–water partition coefficient (Wildman–Crippen LogP) is 1.74. The van der Waals surface area contributed by atoms with E-state index in [0.29, 0.717) is 6.61 Å². The molecule has 1 aromatic heterocycles. The van der Waals surface area contributed by atoms with Crippen LogP contribution in [0.1, 0.15) is 19.4 Å². The Morgan fingerprint density at radius 3 is 3.22 bits per heavy atom. The van der Waals surface area contributed by atoms with Gasteiger partial charge in [0, 0.05) is 0 Å². The maximum absolute atomic E-state index is 11.6. The zero-order valence-electron chi connectivity index (χ0n) is 10.3. The number of benzene rings is 1. The summed E-state index contributed by atoms with van der Waals surface area (Å²) in [5.41, 5.74) is 2.21. The number of ether oxygens (including phenoxy) is 2. The van der Waals surface area contributed by atoms with Crippen LogP contribution in [0, 0.1) is 0 Å². The monoisotopic (exact) mass is 246 g/mol. The Hall–Kier alpha value is -1.88. The highest BCUT2D eigenvalue weighted by Gasteiger charge is 2.59. The molecule has 2 heterocycles. The molecule has 1 aromatic carbocycles. The minimum Gasteiger partial charge on any atom is -0.464 e. The van der Waals surface area contributed by atoms with Crippen LogP contribution in [0.25, 0.3) is 11.0 Å². The van der Waals surface area contributed by atoms with Crippen LogP contribution in [0.2, 0.25) is 0 Å². The number of rotatable bonds is 3. The molecule has 0 spiro atoms. The zero-order valence-corrected chi connectivity index (χ0v) is 10.3. The topological polar surface area (TPSA) is 67.5 Å². The van der Waals surface area contributed by atoms with E-state index in [2.05, 4.69) is 9.97 Å². The molecule has 2 unspecified atom stereocenters. The number of aromatic amines is 1. The number of nitrogens with zero attached hydrogens (tertiary/aromatic N) is 1. The summed E-state index contributed by atoms with van der Waals surface area (Å²) < 4.78 is 10.5. The Kier molecular flexibility index (Phi) is 2.38. The lowest BCUT2D eigenvalue weighted by atomic mass is 9.97. The molecule has 2 atom stereocenters. The third-order valence-electron chi connectivity index (χ3n) is 3.30. The smallest absolute Gasteiger partial charge is 0.338 e. The summed E-state index contributed by atoms with van der Waals surface area (Å²) in [5, 5.41) is 0. The number of hydrogen-bond acceptors (Lipinski definition) is 4. The molecule has 1 saturated heterocycles. The van der Waals surface area contributed by atoms with Gasteiger partial charge in [-0.15, -0.1) is 0 Å². The molecule has 2 aromatic rings. The van der Waals surface area contributed by atoms with E-state index < -0.39 is 11.7 Å². The molecule has 1 aliphatic heterocycles. The average Bonchev–Trinajstić information content (AvgIpc) is 2.86. The van der Waals surface area contributed by atoms with Crippen LogP contribution in [0.5, 0.6) is 0 Å². The van der Waals surface area contributed by atoms with Gasteiger partial charge in [-0.25, -0.2) is 9.78 Å². The molecule has 0 amide bonds. The number of imidazole rings is 1. The number of epoxide rings is 1. The lowest BCUT2D eigenvalue weighted by molar-refractivity contribution is -0.144. The van der Waals surface area contributed by atoms with Crippen molar-refractivity contribution in [2.75, 3.05) is 6.61 Å². The number of esters is 1. The number of nitrogens with one attached hydrogen (secondary N) is 1.